The minimum atomic E-state index is -0.410. The number of carbonyl (C=O) groups excluding carboxylic acids is 1. The lowest BCUT2D eigenvalue weighted by atomic mass is 9.77. The lowest BCUT2D eigenvalue weighted by Crippen LogP contribution is -2.30. The van der Waals surface area contributed by atoms with E-state index in [2.05, 4.69) is 33.4 Å². The highest BCUT2D eigenvalue weighted by atomic mass is 16.6. The molecule has 3 aliphatic rings. The molecular formula is C21H32O5. The Labute approximate surface area is 156 Å². The van der Waals surface area contributed by atoms with Crippen LogP contribution < -0.4 is 0 Å². The Hall–Kier alpha value is -1.17. The van der Waals surface area contributed by atoms with Crippen LogP contribution in [0.25, 0.3) is 0 Å². The fourth-order valence-corrected chi connectivity index (χ4v) is 4.35. The number of aliphatic hydroxyl groups excluding tert-OH is 1. The van der Waals surface area contributed by atoms with Gasteiger partial charge in [-0.05, 0) is 64.4 Å². The zero-order chi connectivity index (χ0) is 19.1. The van der Waals surface area contributed by atoms with Crippen LogP contribution in [-0.4, -0.2) is 48.2 Å². The minimum Gasteiger partial charge on any atom is -0.469 e. The topological polar surface area (TPSA) is 71.6 Å². The molecule has 26 heavy (non-hydrogen) atoms. The van der Waals surface area contributed by atoms with Crippen molar-refractivity contribution in [2.75, 3.05) is 13.7 Å². The number of hydrogen-bond acceptors (Lipinski definition) is 5. The van der Waals surface area contributed by atoms with Gasteiger partial charge in [-0.2, -0.15) is 0 Å². The molecule has 1 N–H and O–H groups in total. The van der Waals surface area contributed by atoms with Gasteiger partial charge in [0.15, 0.2) is 0 Å². The lowest BCUT2D eigenvalue weighted by Gasteiger charge is -2.28. The molecule has 146 valence electrons. The third kappa shape index (κ3) is 3.90. The van der Waals surface area contributed by atoms with E-state index < -0.39 is 5.92 Å². The highest BCUT2D eigenvalue weighted by Crippen LogP contribution is 2.48. The number of hydrogen-bond donors (Lipinski definition) is 1. The second-order valence-corrected chi connectivity index (χ2v) is 8.64. The summed E-state index contributed by atoms with van der Waals surface area (Å²) in [5, 5.41) is 10.1. The Morgan fingerprint density at radius 2 is 2.04 bits per heavy atom. The van der Waals surface area contributed by atoms with Crippen molar-refractivity contribution in [3.05, 3.63) is 23.8 Å². The Morgan fingerprint density at radius 1 is 1.35 bits per heavy atom. The highest BCUT2D eigenvalue weighted by Gasteiger charge is 2.53. The zero-order valence-electron chi connectivity index (χ0n) is 16.4. The first-order chi connectivity index (χ1) is 12.2. The molecule has 2 aliphatic heterocycles. The van der Waals surface area contributed by atoms with Crippen molar-refractivity contribution in [1.82, 2.24) is 0 Å². The lowest BCUT2D eigenvalue weighted by molar-refractivity contribution is -0.145. The second kappa shape index (κ2) is 7.10. The van der Waals surface area contributed by atoms with E-state index in [1.165, 1.54) is 7.11 Å². The summed E-state index contributed by atoms with van der Waals surface area (Å²) in [5.74, 6) is -0.779. The van der Waals surface area contributed by atoms with Crippen LogP contribution in [0.2, 0.25) is 0 Å². The summed E-state index contributed by atoms with van der Waals surface area (Å²) in [6.45, 7) is 10.4. The maximum Gasteiger partial charge on any atom is 0.313 e. The first-order valence-corrected chi connectivity index (χ1v) is 9.62. The average Bonchev–Trinajstić information content (AvgIpc) is 3.44. The number of esters is 1. The molecule has 2 heterocycles. The van der Waals surface area contributed by atoms with Crippen LogP contribution in [0.5, 0.6) is 0 Å². The average molecular weight is 364 g/mol. The van der Waals surface area contributed by atoms with E-state index in [1.807, 2.05) is 0 Å². The van der Waals surface area contributed by atoms with E-state index in [-0.39, 0.29) is 41.9 Å². The summed E-state index contributed by atoms with van der Waals surface area (Å²) in [6, 6.07) is 0. The summed E-state index contributed by atoms with van der Waals surface area (Å²) in [4.78, 5) is 12.6. The van der Waals surface area contributed by atoms with Gasteiger partial charge in [0, 0.05) is 0 Å². The first kappa shape index (κ1) is 19.6. The largest absolute Gasteiger partial charge is 0.469 e. The van der Waals surface area contributed by atoms with E-state index in [0.29, 0.717) is 0 Å². The summed E-state index contributed by atoms with van der Waals surface area (Å²) < 4.78 is 16.6. The summed E-state index contributed by atoms with van der Waals surface area (Å²) in [5.41, 5.74) is 1.56. The molecule has 1 aliphatic carbocycles. The maximum absolute atomic E-state index is 12.6. The van der Waals surface area contributed by atoms with Gasteiger partial charge in [-0.25, -0.2) is 0 Å². The van der Waals surface area contributed by atoms with E-state index in [0.717, 1.165) is 43.3 Å². The van der Waals surface area contributed by atoms with Crippen molar-refractivity contribution in [1.29, 1.82) is 0 Å². The van der Waals surface area contributed by atoms with Crippen LogP contribution in [0.4, 0.5) is 0 Å². The number of methoxy groups -OCH3 is 1. The van der Waals surface area contributed by atoms with Crippen molar-refractivity contribution in [3.8, 4) is 0 Å². The Balaban J connectivity index is 1.84. The summed E-state index contributed by atoms with van der Waals surface area (Å²) >= 11 is 0. The molecule has 5 unspecified atom stereocenters. The molecule has 5 heteroatoms. The van der Waals surface area contributed by atoms with Gasteiger partial charge in [-0.3, -0.25) is 4.79 Å². The SMILES string of the molecule is C=C1CCC2OC2(C)CCC(C(=CCC2OC2(C)C)CO)C1C(=O)OC. The van der Waals surface area contributed by atoms with Crippen LogP contribution in [-0.2, 0) is 19.0 Å². The van der Waals surface area contributed by atoms with Crippen molar-refractivity contribution < 1.29 is 24.1 Å². The Morgan fingerprint density at radius 3 is 2.62 bits per heavy atom. The Kier molecular flexibility index (Phi) is 5.35. The van der Waals surface area contributed by atoms with Crippen LogP contribution in [0.15, 0.2) is 23.8 Å². The number of epoxide rings is 2. The van der Waals surface area contributed by atoms with E-state index in [1.54, 1.807) is 0 Å². The molecule has 1 saturated carbocycles. The van der Waals surface area contributed by atoms with Crippen molar-refractivity contribution in [2.24, 2.45) is 11.8 Å². The van der Waals surface area contributed by atoms with Crippen molar-refractivity contribution in [2.45, 2.75) is 76.3 Å². The predicted octanol–water partition coefficient (Wildman–Crippen LogP) is 3.17. The van der Waals surface area contributed by atoms with Gasteiger partial charge in [0.2, 0.25) is 0 Å². The summed E-state index contributed by atoms with van der Waals surface area (Å²) in [6.07, 6.45) is 6.49. The smallest absolute Gasteiger partial charge is 0.313 e. The van der Waals surface area contributed by atoms with Gasteiger partial charge in [0.25, 0.3) is 0 Å². The molecule has 3 fully saturated rings. The van der Waals surface area contributed by atoms with Gasteiger partial charge in [-0.15, -0.1) is 0 Å². The standard InChI is InChI=1S/C21H32O5/c1-13-6-8-17-21(4,26-17)11-10-15(18(13)19(23)24-5)14(12-22)7-9-16-20(2,3)25-16/h7,15-18,22H,1,6,8-12H2,2-5H3. The van der Waals surface area contributed by atoms with Crippen LogP contribution in [0.3, 0.4) is 0 Å². The van der Waals surface area contributed by atoms with Gasteiger partial charge >= 0.3 is 5.97 Å². The normalized spacial score (nSPS) is 39.3. The number of fused-ring (bicyclic) bond motifs is 1. The van der Waals surface area contributed by atoms with E-state index in [9.17, 15) is 9.90 Å². The number of carbonyl (C=O) groups is 1. The first-order valence-electron chi connectivity index (χ1n) is 9.62. The maximum atomic E-state index is 12.6. The molecule has 0 radical (unpaired) electrons. The van der Waals surface area contributed by atoms with Gasteiger partial charge in [0.1, 0.15) is 0 Å². The molecule has 0 spiro atoms. The molecule has 0 bridgehead atoms. The van der Waals surface area contributed by atoms with Gasteiger partial charge < -0.3 is 19.3 Å². The molecule has 5 atom stereocenters. The van der Waals surface area contributed by atoms with Crippen molar-refractivity contribution >= 4 is 5.97 Å². The zero-order valence-corrected chi connectivity index (χ0v) is 16.4. The highest BCUT2D eigenvalue weighted by molar-refractivity contribution is 5.76. The van der Waals surface area contributed by atoms with Crippen LogP contribution in [0.1, 0.15) is 52.9 Å². The molecule has 2 saturated heterocycles. The van der Waals surface area contributed by atoms with Gasteiger partial charge in [-0.1, -0.05) is 18.2 Å². The summed E-state index contributed by atoms with van der Waals surface area (Å²) in [7, 11) is 1.42. The molecular weight excluding hydrogens is 332 g/mol. The molecule has 0 aromatic rings. The molecule has 0 amide bonds. The minimum absolute atomic E-state index is 0.0699. The van der Waals surface area contributed by atoms with Crippen LogP contribution >= 0.6 is 0 Å². The molecule has 5 nitrogen and oxygen atoms in total. The molecule has 3 rings (SSSR count). The number of rotatable bonds is 5. The third-order valence-corrected chi connectivity index (χ3v) is 6.43. The number of aliphatic hydroxyl groups is 1. The third-order valence-electron chi connectivity index (χ3n) is 6.43. The van der Waals surface area contributed by atoms with Gasteiger partial charge in [0.05, 0.1) is 43.0 Å². The van der Waals surface area contributed by atoms with Crippen molar-refractivity contribution in [3.63, 3.8) is 0 Å². The molecule has 0 aromatic carbocycles. The van der Waals surface area contributed by atoms with E-state index >= 15 is 0 Å². The quantitative estimate of drug-likeness (QED) is 0.461. The predicted molar refractivity (Wildman–Crippen MR) is 98.6 cm³/mol. The fraction of sp³-hybridized carbons (Fsp3) is 0.762. The fourth-order valence-electron chi connectivity index (χ4n) is 4.35. The van der Waals surface area contributed by atoms with E-state index in [4.69, 9.17) is 14.2 Å². The number of ether oxygens (including phenoxy) is 3. The second-order valence-electron chi connectivity index (χ2n) is 8.64. The Bertz CT molecular complexity index is 608. The monoisotopic (exact) mass is 364 g/mol. The van der Waals surface area contributed by atoms with Crippen LogP contribution in [0, 0.1) is 11.8 Å². The molecule has 0 aromatic heterocycles.